The molecule has 0 aliphatic carbocycles. The minimum atomic E-state index is -2.33. The van der Waals surface area contributed by atoms with Crippen LogP contribution < -0.4 is 5.32 Å². The quantitative estimate of drug-likeness (QED) is 0.660. The van der Waals surface area contributed by atoms with Gasteiger partial charge in [0.05, 0.1) is 0 Å². The smallest absolute Gasteiger partial charge is 0.339 e. The van der Waals surface area contributed by atoms with E-state index in [-0.39, 0.29) is 5.54 Å². The van der Waals surface area contributed by atoms with Crippen molar-refractivity contribution in [3.8, 4) is 0 Å². The third kappa shape index (κ3) is 1.98. The molecule has 0 spiro atoms. The number of carboxylic acids is 1. The van der Waals surface area contributed by atoms with E-state index in [2.05, 4.69) is 5.32 Å². The molecule has 14 heavy (non-hydrogen) atoms. The van der Waals surface area contributed by atoms with Crippen LogP contribution in [0.25, 0.3) is 0 Å². The maximum atomic E-state index is 10.9. The van der Waals surface area contributed by atoms with Gasteiger partial charge in [-0.05, 0) is 19.5 Å². The van der Waals surface area contributed by atoms with Gasteiger partial charge < -0.3 is 19.3 Å². The Hall–Kier alpha value is -0.433. The third-order valence-corrected chi connectivity index (χ3v) is 6.56. The lowest BCUT2D eigenvalue weighted by Crippen LogP contribution is -2.49. The van der Waals surface area contributed by atoms with Crippen molar-refractivity contribution in [1.82, 2.24) is 5.32 Å². The van der Waals surface area contributed by atoms with Crippen LogP contribution in [-0.4, -0.2) is 46.4 Å². The van der Waals surface area contributed by atoms with Crippen molar-refractivity contribution in [3.63, 3.8) is 0 Å². The maximum Gasteiger partial charge on any atom is 0.339 e. The van der Waals surface area contributed by atoms with Gasteiger partial charge >= 0.3 is 14.5 Å². The van der Waals surface area contributed by atoms with Crippen molar-refractivity contribution < 1.29 is 18.8 Å². The van der Waals surface area contributed by atoms with Crippen LogP contribution in [0.1, 0.15) is 6.42 Å². The van der Waals surface area contributed by atoms with Crippen molar-refractivity contribution >= 4 is 14.5 Å². The molecule has 2 N–H and O–H groups in total. The van der Waals surface area contributed by atoms with Gasteiger partial charge in [0.1, 0.15) is 6.04 Å². The van der Waals surface area contributed by atoms with Crippen molar-refractivity contribution in [2.24, 2.45) is 0 Å². The van der Waals surface area contributed by atoms with Crippen molar-refractivity contribution in [3.05, 3.63) is 0 Å². The van der Waals surface area contributed by atoms with E-state index in [0.717, 1.165) is 13.0 Å². The molecule has 0 saturated carbocycles. The number of hydrogen-bond donors (Lipinski definition) is 2. The Morgan fingerprint density at radius 2 is 2.07 bits per heavy atom. The molecular weight excluding hydrogens is 202 g/mol. The van der Waals surface area contributed by atoms with Crippen LogP contribution in [0.3, 0.4) is 0 Å². The molecule has 6 heteroatoms. The Morgan fingerprint density at radius 1 is 1.50 bits per heavy atom. The molecule has 0 aromatic carbocycles. The number of carboxylic acid groups (broad SMARTS) is 1. The number of rotatable bonds is 4. The van der Waals surface area contributed by atoms with Gasteiger partial charge in [-0.2, -0.15) is 0 Å². The van der Waals surface area contributed by atoms with E-state index in [4.69, 9.17) is 14.0 Å². The summed E-state index contributed by atoms with van der Waals surface area (Å²) in [4.78, 5) is 10.9. The highest BCUT2D eigenvalue weighted by Gasteiger charge is 2.49. The SMILES string of the molecule is CO[Si](C)(OC)C1CCN[C@@H]1C(=O)O. The first kappa shape index (κ1) is 11.6. The summed E-state index contributed by atoms with van der Waals surface area (Å²) in [5.74, 6) is -0.819. The van der Waals surface area contributed by atoms with Crippen LogP contribution in [-0.2, 0) is 13.6 Å². The van der Waals surface area contributed by atoms with Crippen LogP contribution in [0, 0.1) is 0 Å². The average molecular weight is 219 g/mol. The van der Waals surface area contributed by atoms with Gasteiger partial charge in [-0.3, -0.25) is 4.79 Å². The van der Waals surface area contributed by atoms with Gasteiger partial charge in [0.2, 0.25) is 0 Å². The van der Waals surface area contributed by atoms with Gasteiger partial charge in [-0.15, -0.1) is 0 Å². The Kier molecular flexibility index (Phi) is 3.65. The Labute approximate surface area is 84.6 Å². The lowest BCUT2D eigenvalue weighted by atomic mass is 10.2. The van der Waals surface area contributed by atoms with Gasteiger partial charge in [0.15, 0.2) is 0 Å². The van der Waals surface area contributed by atoms with Crippen LogP contribution in [0.15, 0.2) is 0 Å². The van der Waals surface area contributed by atoms with E-state index < -0.39 is 20.6 Å². The normalized spacial score (nSPS) is 27.9. The molecule has 1 unspecified atom stereocenters. The first-order valence-electron chi connectivity index (χ1n) is 4.61. The summed E-state index contributed by atoms with van der Waals surface area (Å²) in [5, 5.41) is 11.9. The summed E-state index contributed by atoms with van der Waals surface area (Å²) in [6, 6.07) is -0.522. The van der Waals surface area contributed by atoms with Gasteiger partial charge in [-0.25, -0.2) is 0 Å². The molecule has 1 fully saturated rings. The summed E-state index contributed by atoms with van der Waals surface area (Å²) < 4.78 is 10.7. The molecule has 5 nitrogen and oxygen atoms in total. The Balaban J connectivity index is 2.79. The van der Waals surface area contributed by atoms with Crippen LogP contribution in [0.5, 0.6) is 0 Å². The highest BCUT2D eigenvalue weighted by atomic mass is 28.4. The molecule has 1 rings (SSSR count). The molecule has 1 heterocycles. The summed E-state index contributed by atoms with van der Waals surface area (Å²) in [5.41, 5.74) is -0.0185. The van der Waals surface area contributed by atoms with E-state index in [1.54, 1.807) is 14.2 Å². The van der Waals surface area contributed by atoms with E-state index in [9.17, 15) is 4.79 Å². The van der Waals surface area contributed by atoms with E-state index in [1.807, 2.05) is 6.55 Å². The molecule has 0 aromatic heterocycles. The number of carbonyl (C=O) groups is 1. The third-order valence-electron chi connectivity index (χ3n) is 2.97. The first-order valence-corrected chi connectivity index (χ1v) is 7.01. The van der Waals surface area contributed by atoms with Gasteiger partial charge in [0.25, 0.3) is 0 Å². The molecule has 82 valence electrons. The Morgan fingerprint density at radius 3 is 2.50 bits per heavy atom. The standard InChI is InChI=1S/C8H17NO4Si/c1-12-14(3,13-2)6-4-5-9-7(6)8(10)11/h6-7,9H,4-5H2,1-3H3,(H,10,11)/t6?,7-/m0/s1. The lowest BCUT2D eigenvalue weighted by Gasteiger charge is -2.31. The average Bonchev–Trinajstić information content (AvgIpc) is 2.65. The second-order valence-corrected chi connectivity index (χ2v) is 7.18. The summed E-state index contributed by atoms with van der Waals surface area (Å²) >= 11 is 0. The van der Waals surface area contributed by atoms with Crippen LogP contribution in [0.4, 0.5) is 0 Å². The fraction of sp³-hybridized carbons (Fsp3) is 0.875. The van der Waals surface area contributed by atoms with E-state index >= 15 is 0 Å². The van der Waals surface area contributed by atoms with E-state index in [0.29, 0.717) is 0 Å². The lowest BCUT2D eigenvalue weighted by molar-refractivity contribution is -0.139. The first-order chi connectivity index (χ1) is 6.55. The summed E-state index contributed by atoms with van der Waals surface area (Å²) in [6.07, 6.45) is 0.807. The molecule has 2 atom stereocenters. The molecule has 1 saturated heterocycles. The summed E-state index contributed by atoms with van der Waals surface area (Å²) in [7, 11) is 0.847. The topological polar surface area (TPSA) is 67.8 Å². The van der Waals surface area contributed by atoms with Gasteiger partial charge in [0, 0.05) is 19.8 Å². The Bertz CT molecular complexity index is 219. The molecule has 1 aliphatic heterocycles. The predicted molar refractivity (Wildman–Crippen MR) is 53.4 cm³/mol. The second-order valence-electron chi connectivity index (χ2n) is 3.59. The minimum Gasteiger partial charge on any atom is -0.480 e. The minimum absolute atomic E-state index is 0.0185. The number of aliphatic carboxylic acids is 1. The molecule has 0 aromatic rings. The monoisotopic (exact) mass is 219 g/mol. The molecule has 0 bridgehead atoms. The molecule has 0 radical (unpaired) electrons. The zero-order valence-corrected chi connectivity index (χ0v) is 9.74. The molecular formula is C8H17NO4Si. The van der Waals surface area contributed by atoms with Crippen LogP contribution >= 0.6 is 0 Å². The highest BCUT2D eigenvalue weighted by molar-refractivity contribution is 6.68. The zero-order valence-electron chi connectivity index (χ0n) is 8.74. The highest BCUT2D eigenvalue weighted by Crippen LogP contribution is 2.33. The fourth-order valence-electron chi connectivity index (χ4n) is 1.91. The summed E-state index contributed by atoms with van der Waals surface area (Å²) in [6.45, 7) is 2.62. The molecule has 1 aliphatic rings. The largest absolute Gasteiger partial charge is 0.480 e. The predicted octanol–water partition coefficient (Wildman–Crippen LogP) is 0.168. The van der Waals surface area contributed by atoms with Crippen molar-refractivity contribution in [2.75, 3.05) is 20.8 Å². The van der Waals surface area contributed by atoms with Crippen molar-refractivity contribution in [1.29, 1.82) is 0 Å². The number of hydrogen-bond acceptors (Lipinski definition) is 4. The van der Waals surface area contributed by atoms with Crippen LogP contribution in [0.2, 0.25) is 12.1 Å². The van der Waals surface area contributed by atoms with E-state index in [1.165, 1.54) is 0 Å². The number of nitrogens with one attached hydrogen (secondary N) is 1. The van der Waals surface area contributed by atoms with Crippen molar-refractivity contribution in [2.45, 2.75) is 24.6 Å². The second kappa shape index (κ2) is 4.39. The molecule has 0 amide bonds. The fourth-order valence-corrected chi connectivity index (χ4v) is 4.22. The van der Waals surface area contributed by atoms with Gasteiger partial charge in [-0.1, -0.05) is 0 Å². The zero-order chi connectivity index (χ0) is 10.8. The maximum absolute atomic E-state index is 10.9.